The molecule has 6 nitrogen and oxygen atoms in total. The molecule has 1 aliphatic carbocycles. The van der Waals surface area contributed by atoms with Gasteiger partial charge in [0.25, 0.3) is 0 Å². The Kier molecular flexibility index (Phi) is 3.80. The third-order valence-electron chi connectivity index (χ3n) is 4.09. The van der Waals surface area contributed by atoms with Gasteiger partial charge in [0, 0.05) is 43.4 Å². The zero-order valence-corrected chi connectivity index (χ0v) is 12.0. The van der Waals surface area contributed by atoms with Crippen LogP contribution in [0.15, 0.2) is 6.07 Å². The predicted octanol–water partition coefficient (Wildman–Crippen LogP) is 1.57. The molecule has 1 aliphatic heterocycles. The van der Waals surface area contributed by atoms with Crippen LogP contribution < -0.4 is 15.5 Å². The second kappa shape index (κ2) is 5.73. The van der Waals surface area contributed by atoms with Gasteiger partial charge < -0.3 is 15.5 Å². The monoisotopic (exact) mass is 277 g/mol. The van der Waals surface area contributed by atoms with Crippen LogP contribution in [0.25, 0.3) is 0 Å². The molecule has 0 aromatic carbocycles. The van der Waals surface area contributed by atoms with Gasteiger partial charge in [0.2, 0.25) is 0 Å². The van der Waals surface area contributed by atoms with Crippen molar-refractivity contribution in [1.82, 2.24) is 20.8 Å². The first kappa shape index (κ1) is 13.3. The Morgan fingerprint density at radius 2 is 2.15 bits per heavy atom. The van der Waals surface area contributed by atoms with E-state index in [0.29, 0.717) is 12.5 Å². The molecule has 3 N–H and O–H groups in total. The van der Waals surface area contributed by atoms with E-state index in [1.165, 1.54) is 18.5 Å². The van der Waals surface area contributed by atoms with Crippen molar-refractivity contribution < 1.29 is 4.79 Å². The molecule has 2 heterocycles. The maximum absolute atomic E-state index is 11.5. The topological polar surface area (TPSA) is 73.1 Å². The number of hydrogen-bond acceptors (Lipinski definition) is 3. The molecule has 1 saturated heterocycles. The molecule has 2 fully saturated rings. The van der Waals surface area contributed by atoms with E-state index in [1.54, 1.807) is 0 Å². The van der Waals surface area contributed by atoms with Crippen LogP contribution in [0.1, 0.15) is 44.2 Å². The number of aromatic amines is 1. The molecule has 2 amide bonds. The Morgan fingerprint density at radius 3 is 2.80 bits per heavy atom. The SMILES string of the molecule is CCNC(=O)NC1CCN(c2cc(C3CC3)[nH]n2)CC1. The fourth-order valence-electron chi connectivity index (χ4n) is 2.74. The minimum atomic E-state index is -0.0539. The summed E-state index contributed by atoms with van der Waals surface area (Å²) in [6.45, 7) is 4.50. The number of urea groups is 1. The lowest BCUT2D eigenvalue weighted by Gasteiger charge is -2.32. The van der Waals surface area contributed by atoms with Gasteiger partial charge in [-0.2, -0.15) is 5.10 Å². The van der Waals surface area contributed by atoms with Crippen molar-refractivity contribution in [3.8, 4) is 0 Å². The second-order valence-corrected chi connectivity index (χ2v) is 5.72. The van der Waals surface area contributed by atoms with Crippen molar-refractivity contribution in [1.29, 1.82) is 0 Å². The van der Waals surface area contributed by atoms with E-state index in [2.05, 4.69) is 31.8 Å². The van der Waals surface area contributed by atoms with Gasteiger partial charge in [0.05, 0.1) is 0 Å². The molecule has 20 heavy (non-hydrogen) atoms. The highest BCUT2D eigenvalue weighted by Gasteiger charge is 2.27. The number of hydrogen-bond donors (Lipinski definition) is 3. The normalized spacial score (nSPS) is 19.9. The summed E-state index contributed by atoms with van der Waals surface area (Å²) in [5.74, 6) is 1.77. The second-order valence-electron chi connectivity index (χ2n) is 5.72. The third kappa shape index (κ3) is 3.05. The Bertz CT molecular complexity index is 460. The molecule has 2 aliphatic rings. The van der Waals surface area contributed by atoms with Crippen molar-refractivity contribution in [3.05, 3.63) is 11.8 Å². The lowest BCUT2D eigenvalue weighted by atomic mass is 10.1. The van der Waals surface area contributed by atoms with Crippen LogP contribution in [-0.2, 0) is 0 Å². The number of carbonyl (C=O) groups is 1. The number of aromatic nitrogens is 2. The molecular formula is C14H23N5O. The highest BCUT2D eigenvalue weighted by atomic mass is 16.2. The summed E-state index contributed by atoms with van der Waals surface area (Å²) >= 11 is 0. The van der Waals surface area contributed by atoms with Gasteiger partial charge >= 0.3 is 6.03 Å². The molecule has 0 radical (unpaired) electrons. The van der Waals surface area contributed by atoms with Crippen LogP contribution >= 0.6 is 0 Å². The van der Waals surface area contributed by atoms with Crippen molar-refractivity contribution in [3.63, 3.8) is 0 Å². The van der Waals surface area contributed by atoms with E-state index < -0.39 is 0 Å². The summed E-state index contributed by atoms with van der Waals surface area (Å²) < 4.78 is 0. The largest absolute Gasteiger partial charge is 0.355 e. The van der Waals surface area contributed by atoms with Gasteiger partial charge in [0.15, 0.2) is 5.82 Å². The summed E-state index contributed by atoms with van der Waals surface area (Å²) in [5, 5.41) is 13.4. The third-order valence-corrected chi connectivity index (χ3v) is 4.09. The maximum Gasteiger partial charge on any atom is 0.314 e. The molecule has 110 valence electrons. The van der Waals surface area contributed by atoms with Crippen LogP contribution in [-0.4, -0.2) is 41.9 Å². The highest BCUT2D eigenvalue weighted by molar-refractivity contribution is 5.74. The summed E-state index contributed by atoms with van der Waals surface area (Å²) in [6.07, 6.45) is 4.53. The first-order valence-corrected chi connectivity index (χ1v) is 7.61. The van der Waals surface area contributed by atoms with Crippen LogP contribution in [0.5, 0.6) is 0 Å². The van der Waals surface area contributed by atoms with Crippen molar-refractivity contribution in [2.45, 2.75) is 44.6 Å². The fraction of sp³-hybridized carbons (Fsp3) is 0.714. The van der Waals surface area contributed by atoms with E-state index >= 15 is 0 Å². The van der Waals surface area contributed by atoms with Gasteiger partial charge in [-0.1, -0.05) is 0 Å². The number of carbonyl (C=O) groups excluding carboxylic acids is 1. The average molecular weight is 277 g/mol. The van der Waals surface area contributed by atoms with E-state index in [0.717, 1.165) is 31.7 Å². The van der Waals surface area contributed by atoms with Crippen LogP contribution in [0, 0.1) is 0 Å². The molecule has 0 unspecified atom stereocenters. The average Bonchev–Trinajstić information content (AvgIpc) is 3.18. The molecule has 1 aromatic heterocycles. The number of nitrogens with one attached hydrogen (secondary N) is 3. The smallest absolute Gasteiger partial charge is 0.314 e. The molecule has 1 aromatic rings. The van der Waals surface area contributed by atoms with E-state index in [4.69, 9.17) is 0 Å². The number of amides is 2. The van der Waals surface area contributed by atoms with Crippen molar-refractivity contribution in [2.75, 3.05) is 24.5 Å². The number of nitrogens with zero attached hydrogens (tertiary/aromatic N) is 2. The van der Waals surface area contributed by atoms with Crippen LogP contribution in [0.2, 0.25) is 0 Å². The summed E-state index contributed by atoms with van der Waals surface area (Å²) in [6, 6.07) is 2.41. The minimum absolute atomic E-state index is 0.0539. The summed E-state index contributed by atoms with van der Waals surface area (Å²) in [4.78, 5) is 13.8. The number of H-pyrrole nitrogens is 1. The number of anilines is 1. The van der Waals surface area contributed by atoms with Crippen molar-refractivity contribution in [2.24, 2.45) is 0 Å². The Hall–Kier alpha value is -1.72. The highest BCUT2D eigenvalue weighted by Crippen LogP contribution is 2.40. The Balaban J connectivity index is 1.48. The van der Waals surface area contributed by atoms with Crippen LogP contribution in [0.4, 0.5) is 10.6 Å². The molecule has 6 heteroatoms. The zero-order chi connectivity index (χ0) is 13.9. The molecule has 1 saturated carbocycles. The maximum atomic E-state index is 11.5. The summed E-state index contributed by atoms with van der Waals surface area (Å²) in [5.41, 5.74) is 1.28. The molecule has 3 rings (SSSR count). The van der Waals surface area contributed by atoms with E-state index in [1.807, 2.05) is 6.92 Å². The predicted molar refractivity (Wildman–Crippen MR) is 78.0 cm³/mol. The lowest BCUT2D eigenvalue weighted by molar-refractivity contribution is 0.235. The number of piperidine rings is 1. The quantitative estimate of drug-likeness (QED) is 0.782. The zero-order valence-electron chi connectivity index (χ0n) is 12.0. The minimum Gasteiger partial charge on any atom is -0.355 e. The van der Waals surface area contributed by atoms with E-state index in [9.17, 15) is 4.79 Å². The Morgan fingerprint density at radius 1 is 1.40 bits per heavy atom. The van der Waals surface area contributed by atoms with E-state index in [-0.39, 0.29) is 12.1 Å². The van der Waals surface area contributed by atoms with Gasteiger partial charge in [-0.25, -0.2) is 4.79 Å². The van der Waals surface area contributed by atoms with Gasteiger partial charge in [-0.3, -0.25) is 5.10 Å². The van der Waals surface area contributed by atoms with Gasteiger partial charge in [0.1, 0.15) is 0 Å². The lowest BCUT2D eigenvalue weighted by Crippen LogP contribution is -2.48. The van der Waals surface area contributed by atoms with Gasteiger partial charge in [-0.15, -0.1) is 0 Å². The van der Waals surface area contributed by atoms with Gasteiger partial charge in [-0.05, 0) is 32.6 Å². The molecular weight excluding hydrogens is 254 g/mol. The standard InChI is InChI=1S/C14H23N5O/c1-2-15-14(20)16-11-5-7-19(8-6-11)13-9-12(17-18-13)10-3-4-10/h9-11H,2-8H2,1H3,(H,17,18)(H2,15,16,20). The molecule has 0 atom stereocenters. The Labute approximate surface area is 119 Å². The van der Waals surface area contributed by atoms with Crippen molar-refractivity contribution >= 4 is 11.8 Å². The molecule has 0 spiro atoms. The fourth-order valence-corrected chi connectivity index (χ4v) is 2.74. The summed E-state index contributed by atoms with van der Waals surface area (Å²) in [7, 11) is 0. The first-order valence-electron chi connectivity index (χ1n) is 7.61. The van der Waals surface area contributed by atoms with Crippen LogP contribution in [0.3, 0.4) is 0 Å². The molecule has 0 bridgehead atoms. The number of rotatable bonds is 4. The first-order chi connectivity index (χ1) is 9.76.